The lowest BCUT2D eigenvalue weighted by Crippen LogP contribution is -2.47. The first kappa shape index (κ1) is 17.3. The summed E-state index contributed by atoms with van der Waals surface area (Å²) in [5, 5.41) is -0.917. The fourth-order valence-corrected chi connectivity index (χ4v) is 4.18. The smallest absolute Gasteiger partial charge is 0.240 e. The monoisotopic (exact) mass is 322 g/mol. The van der Waals surface area contributed by atoms with Crippen molar-refractivity contribution in [3.63, 3.8) is 0 Å². The van der Waals surface area contributed by atoms with Crippen LogP contribution in [0.3, 0.4) is 0 Å². The number of carbonyl (C=O) groups is 1. The van der Waals surface area contributed by atoms with Crippen LogP contribution in [-0.4, -0.2) is 62.0 Å². The van der Waals surface area contributed by atoms with Gasteiger partial charge in [-0.15, -0.1) is 0 Å². The van der Waals surface area contributed by atoms with Gasteiger partial charge in [0.15, 0.2) is 9.84 Å². The van der Waals surface area contributed by atoms with Crippen molar-refractivity contribution >= 4 is 33.0 Å². The number of hydrogen-bond donors (Lipinski definition) is 1. The van der Waals surface area contributed by atoms with Crippen molar-refractivity contribution in [2.45, 2.75) is 30.9 Å². The van der Waals surface area contributed by atoms with E-state index in [0.717, 1.165) is 6.42 Å². The molecule has 8 heteroatoms. The average molecular weight is 322 g/mol. The standard InChI is InChI=1S/C12H22N2O4S2/c1-18-8-7-14(6-5-11(13)19)12(15)10-4-2-3-9-20(10,16)17/h10H,2-9H2,1H3,(H2,13,19). The minimum Gasteiger partial charge on any atom is -0.393 e. The quantitative estimate of drug-likeness (QED) is 0.669. The van der Waals surface area contributed by atoms with Gasteiger partial charge >= 0.3 is 0 Å². The molecule has 0 aliphatic carbocycles. The molecule has 1 atom stereocenters. The maximum absolute atomic E-state index is 12.4. The van der Waals surface area contributed by atoms with Crippen LogP contribution in [0.4, 0.5) is 0 Å². The number of thiocarbonyl (C=S) groups is 1. The van der Waals surface area contributed by atoms with Crippen molar-refractivity contribution in [2.24, 2.45) is 5.73 Å². The summed E-state index contributed by atoms with van der Waals surface area (Å²) in [5.74, 6) is -0.255. The summed E-state index contributed by atoms with van der Waals surface area (Å²) in [4.78, 5) is 14.2. The zero-order chi connectivity index (χ0) is 15.2. The Bertz CT molecular complexity index is 450. The molecule has 0 radical (unpaired) electrons. The fraction of sp³-hybridized carbons (Fsp3) is 0.833. The Morgan fingerprint density at radius 2 is 2.10 bits per heavy atom. The van der Waals surface area contributed by atoms with Crippen LogP contribution in [0.1, 0.15) is 25.7 Å². The third-order valence-electron chi connectivity index (χ3n) is 3.36. The lowest BCUT2D eigenvalue weighted by molar-refractivity contribution is -0.131. The van der Waals surface area contributed by atoms with Crippen molar-refractivity contribution in [2.75, 3.05) is 32.6 Å². The molecular weight excluding hydrogens is 300 g/mol. The van der Waals surface area contributed by atoms with Crippen LogP contribution in [-0.2, 0) is 19.4 Å². The van der Waals surface area contributed by atoms with Crippen LogP contribution in [0.15, 0.2) is 0 Å². The van der Waals surface area contributed by atoms with Crippen LogP contribution in [0.5, 0.6) is 0 Å². The van der Waals surface area contributed by atoms with Crippen LogP contribution in [0.2, 0.25) is 0 Å². The molecule has 0 aromatic carbocycles. The molecule has 0 aromatic rings. The number of rotatable bonds is 7. The van der Waals surface area contributed by atoms with Crippen LogP contribution < -0.4 is 5.73 Å². The molecule has 6 nitrogen and oxygen atoms in total. The summed E-state index contributed by atoms with van der Waals surface area (Å²) < 4.78 is 29.0. The molecule has 0 bridgehead atoms. The fourth-order valence-electron chi connectivity index (χ4n) is 2.21. The van der Waals surface area contributed by atoms with Gasteiger partial charge in [0.25, 0.3) is 0 Å². The van der Waals surface area contributed by atoms with E-state index in [1.54, 1.807) is 0 Å². The van der Waals surface area contributed by atoms with E-state index < -0.39 is 15.1 Å². The predicted molar refractivity (Wildman–Crippen MR) is 81.3 cm³/mol. The Balaban J connectivity index is 2.77. The maximum atomic E-state index is 12.4. The van der Waals surface area contributed by atoms with Crippen LogP contribution >= 0.6 is 12.2 Å². The molecule has 116 valence electrons. The Morgan fingerprint density at radius 3 is 2.65 bits per heavy atom. The third kappa shape index (κ3) is 4.99. The molecule has 1 aliphatic rings. The largest absolute Gasteiger partial charge is 0.393 e. The van der Waals surface area contributed by atoms with Gasteiger partial charge in [0.05, 0.1) is 17.3 Å². The highest BCUT2D eigenvalue weighted by Gasteiger charge is 2.37. The van der Waals surface area contributed by atoms with Crippen molar-refractivity contribution in [1.82, 2.24) is 4.90 Å². The zero-order valence-electron chi connectivity index (χ0n) is 11.7. The van der Waals surface area contributed by atoms with E-state index in [1.165, 1.54) is 12.0 Å². The molecule has 1 amide bonds. The molecule has 20 heavy (non-hydrogen) atoms. The first-order valence-corrected chi connectivity index (χ1v) is 8.78. The second kappa shape index (κ2) is 7.90. The highest BCUT2D eigenvalue weighted by molar-refractivity contribution is 7.92. The van der Waals surface area contributed by atoms with Gasteiger partial charge in [-0.05, 0) is 12.8 Å². The molecule has 1 aliphatic heterocycles. The highest BCUT2D eigenvalue weighted by atomic mass is 32.2. The van der Waals surface area contributed by atoms with Gasteiger partial charge in [-0.3, -0.25) is 4.79 Å². The maximum Gasteiger partial charge on any atom is 0.240 e. The minimum atomic E-state index is -3.33. The summed E-state index contributed by atoms with van der Waals surface area (Å²) in [6.45, 7) is 1.04. The summed E-state index contributed by atoms with van der Waals surface area (Å²) in [7, 11) is -1.79. The molecule has 0 aromatic heterocycles. The highest BCUT2D eigenvalue weighted by Crippen LogP contribution is 2.21. The van der Waals surface area contributed by atoms with Gasteiger partial charge < -0.3 is 15.4 Å². The van der Waals surface area contributed by atoms with E-state index in [0.29, 0.717) is 43.9 Å². The molecule has 1 saturated heterocycles. The average Bonchev–Trinajstić information content (AvgIpc) is 2.37. The van der Waals surface area contributed by atoms with Crippen LogP contribution in [0, 0.1) is 0 Å². The number of hydrogen-bond acceptors (Lipinski definition) is 5. The number of amides is 1. The predicted octanol–water partition coefficient (Wildman–Crippen LogP) is 0.105. The Labute approximate surface area is 125 Å². The van der Waals surface area contributed by atoms with Crippen molar-refractivity contribution in [3.05, 3.63) is 0 Å². The molecular formula is C12H22N2O4S2. The normalized spacial score (nSPS) is 21.4. The number of methoxy groups -OCH3 is 1. The molecule has 1 unspecified atom stereocenters. The number of ether oxygens (including phenoxy) is 1. The first-order valence-electron chi connectivity index (χ1n) is 6.66. The van der Waals surface area contributed by atoms with Gasteiger partial charge in [0.2, 0.25) is 5.91 Å². The zero-order valence-corrected chi connectivity index (χ0v) is 13.3. The van der Waals surface area contributed by atoms with E-state index in [4.69, 9.17) is 22.7 Å². The Morgan fingerprint density at radius 1 is 1.40 bits per heavy atom. The SMILES string of the molecule is COCCN(CCC(N)=S)C(=O)C1CCCCS1(=O)=O. The van der Waals surface area contributed by atoms with Gasteiger partial charge in [0, 0.05) is 26.6 Å². The van der Waals surface area contributed by atoms with Crippen LogP contribution in [0.25, 0.3) is 0 Å². The topological polar surface area (TPSA) is 89.7 Å². The lowest BCUT2D eigenvalue weighted by Gasteiger charge is -2.29. The van der Waals surface area contributed by atoms with Gasteiger partial charge in [-0.25, -0.2) is 8.42 Å². The second-order valence-electron chi connectivity index (χ2n) is 4.89. The van der Waals surface area contributed by atoms with Gasteiger partial charge in [0.1, 0.15) is 5.25 Å². The summed E-state index contributed by atoms with van der Waals surface area (Å²) in [6.07, 6.45) is 2.19. The molecule has 2 N–H and O–H groups in total. The lowest BCUT2D eigenvalue weighted by atomic mass is 10.1. The third-order valence-corrected chi connectivity index (χ3v) is 5.73. The van der Waals surface area contributed by atoms with Gasteiger partial charge in [-0.2, -0.15) is 0 Å². The van der Waals surface area contributed by atoms with Crippen molar-refractivity contribution in [1.29, 1.82) is 0 Å². The van der Waals surface area contributed by atoms with E-state index >= 15 is 0 Å². The summed E-state index contributed by atoms with van der Waals surface area (Å²) >= 11 is 4.80. The molecule has 1 fully saturated rings. The molecule has 0 saturated carbocycles. The number of nitrogens with two attached hydrogens (primary N) is 1. The number of carbonyl (C=O) groups excluding carboxylic acids is 1. The summed E-state index contributed by atoms with van der Waals surface area (Å²) in [6, 6.07) is 0. The number of sulfone groups is 1. The molecule has 1 rings (SSSR count). The molecule has 0 spiro atoms. The van der Waals surface area contributed by atoms with E-state index in [9.17, 15) is 13.2 Å². The van der Waals surface area contributed by atoms with E-state index in [1.807, 2.05) is 0 Å². The second-order valence-corrected chi connectivity index (χ2v) is 7.71. The van der Waals surface area contributed by atoms with E-state index in [-0.39, 0.29) is 11.7 Å². The van der Waals surface area contributed by atoms with Crippen molar-refractivity contribution in [3.8, 4) is 0 Å². The summed E-state index contributed by atoms with van der Waals surface area (Å²) in [5.41, 5.74) is 5.45. The molecule has 1 heterocycles. The minimum absolute atomic E-state index is 0.0941. The van der Waals surface area contributed by atoms with Gasteiger partial charge in [-0.1, -0.05) is 18.6 Å². The first-order chi connectivity index (χ1) is 9.38. The van der Waals surface area contributed by atoms with E-state index in [2.05, 4.69) is 0 Å². The number of nitrogens with zero attached hydrogens (tertiary/aromatic N) is 1. The van der Waals surface area contributed by atoms with Crippen molar-refractivity contribution < 1.29 is 17.9 Å². The Hall–Kier alpha value is -0.730. The Kier molecular flexibility index (Phi) is 6.84.